The summed E-state index contributed by atoms with van der Waals surface area (Å²) in [5.74, 6) is -1.29. The van der Waals surface area contributed by atoms with Crippen molar-refractivity contribution in [3.63, 3.8) is 0 Å². The second-order valence-electron chi connectivity index (χ2n) is 10.9. The zero-order chi connectivity index (χ0) is 27.5. The number of imide groups is 2. The minimum atomic E-state index is -0.331. The molecule has 2 aliphatic heterocycles. The quantitative estimate of drug-likeness (QED) is 0.152. The standard InChI is InChI=1S/C32H38N2O4S/c1-3-5-7-9-11-13-18-33-29(35)22-15-16-23-25-24(22)26(31(33)37)21-17-20-39-28(21)27(25)32(38)34(30(23)36)19-14-12-10-8-6-4-2/h15-17,20H,3-14,18-19H2,1-2H3. The number of rotatable bonds is 14. The van der Waals surface area contributed by atoms with E-state index in [2.05, 4.69) is 13.8 Å². The monoisotopic (exact) mass is 546 g/mol. The number of unbranched alkanes of at least 4 members (excludes halogenated alkanes) is 10. The molecule has 0 saturated heterocycles. The molecule has 5 rings (SSSR count). The number of amides is 4. The largest absolute Gasteiger partial charge is 0.274 e. The molecule has 3 aromatic rings. The summed E-state index contributed by atoms with van der Waals surface area (Å²) in [4.78, 5) is 57.6. The van der Waals surface area contributed by atoms with Gasteiger partial charge in [-0.05, 0) is 36.4 Å². The maximum Gasteiger partial charge on any atom is 0.262 e. The average Bonchev–Trinajstić information content (AvgIpc) is 3.42. The summed E-state index contributed by atoms with van der Waals surface area (Å²) in [5.41, 5.74) is 1.74. The molecule has 0 fully saturated rings. The molecule has 0 unspecified atom stereocenters. The molecule has 7 heteroatoms. The predicted octanol–water partition coefficient (Wildman–Crippen LogP) is 7.97. The Hall–Kier alpha value is -3.06. The summed E-state index contributed by atoms with van der Waals surface area (Å²) < 4.78 is 0.726. The molecule has 4 amide bonds. The first-order valence-electron chi connectivity index (χ1n) is 14.7. The molecule has 1 aromatic heterocycles. The average molecular weight is 547 g/mol. The van der Waals surface area contributed by atoms with Gasteiger partial charge < -0.3 is 0 Å². The van der Waals surface area contributed by atoms with E-state index in [-0.39, 0.29) is 23.6 Å². The smallest absolute Gasteiger partial charge is 0.262 e. The van der Waals surface area contributed by atoms with Crippen molar-refractivity contribution in [1.29, 1.82) is 0 Å². The fraction of sp³-hybridized carbons (Fsp3) is 0.500. The highest BCUT2D eigenvalue weighted by molar-refractivity contribution is 7.17. The molecule has 2 aliphatic rings. The number of nitrogens with zero attached hydrogens (tertiary/aromatic N) is 2. The maximum atomic E-state index is 13.8. The number of hydrogen-bond donors (Lipinski definition) is 0. The Labute approximate surface area is 234 Å². The van der Waals surface area contributed by atoms with E-state index in [0.717, 1.165) is 43.2 Å². The molecule has 0 atom stereocenters. The van der Waals surface area contributed by atoms with Gasteiger partial charge in [0.25, 0.3) is 23.6 Å². The van der Waals surface area contributed by atoms with E-state index < -0.39 is 0 Å². The lowest BCUT2D eigenvalue weighted by atomic mass is 9.84. The summed E-state index contributed by atoms with van der Waals surface area (Å²) in [6.07, 6.45) is 12.8. The van der Waals surface area contributed by atoms with Gasteiger partial charge in [-0.2, -0.15) is 0 Å². The van der Waals surface area contributed by atoms with Gasteiger partial charge >= 0.3 is 0 Å². The molecule has 0 radical (unpaired) electrons. The SMILES string of the molecule is CCCCCCCCN1C(=O)c2ccc3c4c(c5sccc5c(c24)C1=O)C(=O)N(CCCCCCCC)C3=O. The van der Waals surface area contributed by atoms with Crippen LogP contribution in [0.3, 0.4) is 0 Å². The van der Waals surface area contributed by atoms with Gasteiger partial charge in [0.1, 0.15) is 0 Å². The van der Waals surface area contributed by atoms with Crippen molar-refractivity contribution in [2.45, 2.75) is 90.9 Å². The Bertz CT molecular complexity index is 1330. The van der Waals surface area contributed by atoms with E-state index >= 15 is 0 Å². The lowest BCUT2D eigenvalue weighted by Crippen LogP contribution is -2.44. The zero-order valence-corrected chi connectivity index (χ0v) is 24.0. The van der Waals surface area contributed by atoms with Crippen LogP contribution in [0.4, 0.5) is 0 Å². The molecule has 3 heterocycles. The van der Waals surface area contributed by atoms with Crippen molar-refractivity contribution in [2.24, 2.45) is 0 Å². The van der Waals surface area contributed by atoms with Gasteiger partial charge in [-0.15, -0.1) is 11.3 Å². The number of carbonyl (C=O) groups is 4. The van der Waals surface area contributed by atoms with Crippen LogP contribution in [-0.4, -0.2) is 46.5 Å². The molecule has 0 bridgehead atoms. The molecule has 0 saturated carbocycles. The van der Waals surface area contributed by atoms with Crippen LogP contribution in [0.5, 0.6) is 0 Å². The highest BCUT2D eigenvalue weighted by Crippen LogP contribution is 2.44. The van der Waals surface area contributed by atoms with Crippen LogP contribution < -0.4 is 0 Å². The Kier molecular flexibility index (Phi) is 8.46. The highest BCUT2D eigenvalue weighted by atomic mass is 32.1. The van der Waals surface area contributed by atoms with Crippen molar-refractivity contribution < 1.29 is 19.2 Å². The van der Waals surface area contributed by atoms with Gasteiger partial charge in [0.2, 0.25) is 0 Å². The van der Waals surface area contributed by atoms with Crippen LogP contribution in [0.15, 0.2) is 23.6 Å². The van der Waals surface area contributed by atoms with E-state index in [9.17, 15) is 19.2 Å². The molecular weight excluding hydrogens is 508 g/mol. The summed E-state index contributed by atoms with van der Waals surface area (Å²) in [6.45, 7) is 5.12. The fourth-order valence-electron chi connectivity index (χ4n) is 6.10. The summed E-state index contributed by atoms with van der Waals surface area (Å²) in [7, 11) is 0. The number of benzene rings is 2. The second-order valence-corrected chi connectivity index (χ2v) is 11.8. The normalized spacial score (nSPS) is 14.9. The lowest BCUT2D eigenvalue weighted by molar-refractivity contribution is 0.0588. The second kappa shape index (κ2) is 12.0. The third-order valence-corrected chi connectivity index (χ3v) is 9.14. The Balaban J connectivity index is 1.49. The van der Waals surface area contributed by atoms with Gasteiger partial charge in [0.05, 0.1) is 11.1 Å². The number of fused-ring (bicyclic) bond motifs is 3. The summed E-state index contributed by atoms with van der Waals surface area (Å²) in [6, 6.07) is 5.24. The maximum absolute atomic E-state index is 13.8. The minimum absolute atomic E-state index is 0.313. The predicted molar refractivity (Wildman–Crippen MR) is 157 cm³/mol. The van der Waals surface area contributed by atoms with E-state index in [1.54, 1.807) is 12.1 Å². The third kappa shape index (κ3) is 4.90. The first kappa shape index (κ1) is 27.5. The van der Waals surface area contributed by atoms with E-state index in [1.165, 1.54) is 59.7 Å². The zero-order valence-electron chi connectivity index (χ0n) is 23.1. The van der Waals surface area contributed by atoms with E-state index in [1.807, 2.05) is 11.4 Å². The van der Waals surface area contributed by atoms with Crippen LogP contribution in [0, 0.1) is 0 Å². The van der Waals surface area contributed by atoms with Crippen molar-refractivity contribution >= 4 is 55.8 Å². The first-order chi connectivity index (χ1) is 19.0. The van der Waals surface area contributed by atoms with Gasteiger partial charge in [-0.1, -0.05) is 78.1 Å². The fourth-order valence-corrected chi connectivity index (χ4v) is 7.05. The third-order valence-electron chi connectivity index (χ3n) is 8.21. The van der Waals surface area contributed by atoms with Crippen molar-refractivity contribution in [1.82, 2.24) is 9.80 Å². The first-order valence-corrected chi connectivity index (χ1v) is 15.6. The van der Waals surface area contributed by atoms with Gasteiger partial charge in [-0.25, -0.2) is 0 Å². The molecule has 0 aliphatic carbocycles. The minimum Gasteiger partial charge on any atom is -0.274 e. The molecule has 6 nitrogen and oxygen atoms in total. The number of carbonyl (C=O) groups excluding carboxylic acids is 4. The Morgan fingerprint density at radius 2 is 1.03 bits per heavy atom. The molecule has 0 N–H and O–H groups in total. The van der Waals surface area contributed by atoms with Crippen molar-refractivity contribution in [2.75, 3.05) is 13.1 Å². The lowest BCUT2D eigenvalue weighted by Gasteiger charge is -2.32. The molecular formula is C32H38N2O4S. The highest BCUT2D eigenvalue weighted by Gasteiger charge is 2.41. The molecule has 2 aromatic carbocycles. The number of thiophene rings is 1. The molecule has 39 heavy (non-hydrogen) atoms. The van der Waals surface area contributed by atoms with Gasteiger partial charge in [0, 0.05) is 45.1 Å². The Morgan fingerprint density at radius 1 is 0.564 bits per heavy atom. The van der Waals surface area contributed by atoms with Crippen LogP contribution >= 0.6 is 11.3 Å². The summed E-state index contributed by atoms with van der Waals surface area (Å²) >= 11 is 1.42. The molecule has 0 spiro atoms. The van der Waals surface area contributed by atoms with E-state index in [0.29, 0.717) is 51.5 Å². The van der Waals surface area contributed by atoms with E-state index in [4.69, 9.17) is 0 Å². The van der Waals surface area contributed by atoms with Crippen molar-refractivity contribution in [3.8, 4) is 0 Å². The van der Waals surface area contributed by atoms with Gasteiger partial charge in [-0.3, -0.25) is 29.0 Å². The Morgan fingerprint density at radius 3 is 1.56 bits per heavy atom. The van der Waals surface area contributed by atoms with Crippen LogP contribution in [-0.2, 0) is 0 Å². The van der Waals surface area contributed by atoms with Crippen LogP contribution in [0.1, 0.15) is 132 Å². The number of hydrogen-bond acceptors (Lipinski definition) is 5. The summed E-state index contributed by atoms with van der Waals surface area (Å²) in [5, 5.41) is 3.55. The van der Waals surface area contributed by atoms with Crippen LogP contribution in [0.2, 0.25) is 0 Å². The van der Waals surface area contributed by atoms with Crippen molar-refractivity contribution in [3.05, 3.63) is 45.8 Å². The topological polar surface area (TPSA) is 74.8 Å². The van der Waals surface area contributed by atoms with Gasteiger partial charge in [0.15, 0.2) is 0 Å². The molecule has 206 valence electrons. The van der Waals surface area contributed by atoms with Crippen LogP contribution in [0.25, 0.3) is 20.9 Å².